The van der Waals surface area contributed by atoms with Crippen LogP contribution in [0.1, 0.15) is 0 Å². The molecule has 1 saturated heterocycles. The van der Waals surface area contributed by atoms with Crippen molar-refractivity contribution in [2.45, 2.75) is 6.36 Å². The van der Waals surface area contributed by atoms with Gasteiger partial charge in [-0.05, 0) is 29.8 Å². The van der Waals surface area contributed by atoms with Gasteiger partial charge in [-0.2, -0.15) is 0 Å². The topological polar surface area (TPSA) is 70.1 Å². The third-order valence-electron chi connectivity index (χ3n) is 3.67. The lowest BCUT2D eigenvalue weighted by atomic mass is 10.1. The monoisotopic (exact) mass is 328 g/mol. The number of likely N-dealkylation sites (tertiary alicyclic amines) is 1. The van der Waals surface area contributed by atoms with Crippen LogP contribution in [-0.2, 0) is 4.79 Å². The molecular weight excluding hydrogens is 317 g/mol. The van der Waals surface area contributed by atoms with Gasteiger partial charge < -0.3 is 14.7 Å². The number of carbonyl (C=O) groups excluding carboxylic acids is 1. The first-order valence-electron chi connectivity index (χ1n) is 6.62. The molecule has 3 rings (SSSR count). The largest absolute Gasteiger partial charge is 0.573 e. The zero-order chi connectivity index (χ0) is 16.8. The highest BCUT2D eigenvalue weighted by Gasteiger charge is 2.42. The fraction of sp³-hybridized carbons (Fsp3) is 0.286. The van der Waals surface area contributed by atoms with Crippen molar-refractivity contribution in [1.29, 1.82) is 0 Å². The summed E-state index contributed by atoms with van der Waals surface area (Å²) in [7, 11) is 0. The third kappa shape index (κ3) is 2.94. The Labute approximate surface area is 128 Å². The summed E-state index contributed by atoms with van der Waals surface area (Å²) in [6.45, 7) is 0.239. The number of carboxylic acid groups (broad SMARTS) is 1. The van der Waals surface area contributed by atoms with Gasteiger partial charge in [-0.25, -0.2) is 4.79 Å². The molecule has 0 spiro atoms. The van der Waals surface area contributed by atoms with E-state index in [0.717, 1.165) is 17.0 Å². The molecule has 0 aliphatic carbocycles. The van der Waals surface area contributed by atoms with Crippen molar-refractivity contribution >= 4 is 17.7 Å². The molecule has 2 aliphatic heterocycles. The summed E-state index contributed by atoms with van der Waals surface area (Å²) in [5, 5.41) is 8.93. The van der Waals surface area contributed by atoms with Crippen LogP contribution in [0.25, 0.3) is 0 Å². The van der Waals surface area contributed by atoms with Crippen LogP contribution in [-0.4, -0.2) is 41.5 Å². The van der Waals surface area contributed by atoms with Gasteiger partial charge in [-0.15, -0.1) is 13.2 Å². The zero-order valence-electron chi connectivity index (χ0n) is 11.6. The smallest absolute Gasteiger partial charge is 0.465 e. The third-order valence-corrected chi connectivity index (χ3v) is 3.67. The van der Waals surface area contributed by atoms with E-state index in [1.54, 1.807) is 0 Å². The van der Waals surface area contributed by atoms with Crippen LogP contribution >= 0.6 is 0 Å². The van der Waals surface area contributed by atoms with Crippen molar-refractivity contribution < 1.29 is 32.6 Å². The van der Waals surface area contributed by atoms with Gasteiger partial charge in [0.2, 0.25) is 5.91 Å². The quantitative estimate of drug-likeness (QED) is 0.905. The summed E-state index contributed by atoms with van der Waals surface area (Å²) in [5.74, 6) is -1.21. The van der Waals surface area contributed by atoms with E-state index in [9.17, 15) is 22.8 Å². The number of ether oxygens (including phenoxy) is 1. The normalized spacial score (nSPS) is 20.6. The number of hydrogen-bond acceptors (Lipinski definition) is 3. The number of carbonyl (C=O) groups is 2. The van der Waals surface area contributed by atoms with E-state index in [1.165, 1.54) is 23.2 Å². The summed E-state index contributed by atoms with van der Waals surface area (Å²) in [4.78, 5) is 25.7. The van der Waals surface area contributed by atoms with Crippen molar-refractivity contribution in [3.05, 3.63) is 36.0 Å². The van der Waals surface area contributed by atoms with Gasteiger partial charge in [0.05, 0.1) is 5.92 Å². The van der Waals surface area contributed by atoms with Crippen molar-refractivity contribution in [1.82, 2.24) is 4.90 Å². The summed E-state index contributed by atoms with van der Waals surface area (Å²) in [5.41, 5.74) is 1.07. The summed E-state index contributed by atoms with van der Waals surface area (Å²) >= 11 is 0. The number of amides is 2. The highest BCUT2D eigenvalue weighted by Crippen LogP contribution is 2.34. The van der Waals surface area contributed by atoms with E-state index in [2.05, 4.69) is 4.74 Å². The zero-order valence-corrected chi connectivity index (χ0v) is 11.6. The summed E-state index contributed by atoms with van der Waals surface area (Å²) < 4.78 is 40.1. The Morgan fingerprint density at radius 2 is 1.91 bits per heavy atom. The first-order chi connectivity index (χ1) is 10.7. The second kappa shape index (κ2) is 5.18. The minimum Gasteiger partial charge on any atom is -0.465 e. The molecule has 0 aromatic heterocycles. The van der Waals surface area contributed by atoms with Crippen molar-refractivity contribution in [2.24, 2.45) is 5.92 Å². The van der Waals surface area contributed by atoms with E-state index < -0.39 is 18.4 Å². The Morgan fingerprint density at radius 3 is 2.43 bits per heavy atom. The maximum Gasteiger partial charge on any atom is 0.573 e. The predicted octanol–water partition coefficient (Wildman–Crippen LogP) is 2.43. The second-order valence-corrected chi connectivity index (χ2v) is 5.17. The molecule has 1 fully saturated rings. The van der Waals surface area contributed by atoms with Gasteiger partial charge in [0.25, 0.3) is 0 Å². The highest BCUT2D eigenvalue weighted by molar-refractivity contribution is 6.02. The number of nitrogens with zero attached hydrogens (tertiary/aromatic N) is 2. The molecule has 0 bridgehead atoms. The molecule has 6 nitrogen and oxygen atoms in total. The molecule has 2 heterocycles. The number of benzene rings is 1. The Kier molecular flexibility index (Phi) is 3.42. The molecule has 2 amide bonds. The predicted molar refractivity (Wildman–Crippen MR) is 71.8 cm³/mol. The first kappa shape index (κ1) is 15.2. The van der Waals surface area contributed by atoms with Gasteiger partial charge in [0, 0.05) is 25.0 Å². The van der Waals surface area contributed by atoms with Gasteiger partial charge in [-0.3, -0.25) is 9.69 Å². The summed E-state index contributed by atoms with van der Waals surface area (Å²) in [6, 6.07) is 4.91. The molecular formula is C14H11F3N2O4. The average Bonchev–Trinajstić information content (AvgIpc) is 2.98. The lowest BCUT2D eigenvalue weighted by molar-refractivity contribution is -0.274. The Hall–Kier alpha value is -2.71. The van der Waals surface area contributed by atoms with Gasteiger partial charge in [-0.1, -0.05) is 0 Å². The fourth-order valence-electron chi connectivity index (χ4n) is 2.65. The van der Waals surface area contributed by atoms with Crippen LogP contribution < -0.4 is 9.64 Å². The van der Waals surface area contributed by atoms with E-state index in [1.807, 2.05) is 0 Å². The molecule has 23 heavy (non-hydrogen) atoms. The molecule has 2 aliphatic rings. The summed E-state index contributed by atoms with van der Waals surface area (Å²) in [6.07, 6.45) is -4.33. The molecule has 0 radical (unpaired) electrons. The average molecular weight is 328 g/mol. The number of fused-ring (bicyclic) bond motifs is 1. The van der Waals surface area contributed by atoms with E-state index in [0.29, 0.717) is 11.3 Å². The second-order valence-electron chi connectivity index (χ2n) is 5.17. The van der Waals surface area contributed by atoms with Crippen LogP contribution in [0.5, 0.6) is 5.75 Å². The molecule has 122 valence electrons. The first-order valence-corrected chi connectivity index (χ1v) is 6.62. The minimum absolute atomic E-state index is 0.0891. The van der Waals surface area contributed by atoms with Crippen LogP contribution in [0.3, 0.4) is 0 Å². The van der Waals surface area contributed by atoms with E-state index >= 15 is 0 Å². The number of rotatable bonds is 2. The number of hydrogen-bond donors (Lipinski definition) is 1. The highest BCUT2D eigenvalue weighted by atomic mass is 19.4. The fourth-order valence-corrected chi connectivity index (χ4v) is 2.65. The van der Waals surface area contributed by atoms with Crippen molar-refractivity contribution in [2.75, 3.05) is 18.0 Å². The maximum absolute atomic E-state index is 12.3. The van der Waals surface area contributed by atoms with Gasteiger partial charge in [0.1, 0.15) is 5.75 Å². The van der Waals surface area contributed by atoms with Crippen LogP contribution in [0.4, 0.5) is 23.7 Å². The molecule has 1 N–H and O–H groups in total. The van der Waals surface area contributed by atoms with Crippen molar-refractivity contribution in [3.63, 3.8) is 0 Å². The Balaban J connectivity index is 1.76. The molecule has 0 unspecified atom stereocenters. The van der Waals surface area contributed by atoms with Crippen LogP contribution in [0, 0.1) is 5.92 Å². The molecule has 0 saturated carbocycles. The lowest BCUT2D eigenvalue weighted by Gasteiger charge is -2.18. The standard InChI is InChI=1S/C14H11F3N2O4/c15-14(16,17)23-10-3-1-9(2-4-10)19-6-8-5-18(13(21)22)7-11(8)12(19)20/h1-4,6,11H,5,7H2,(H,21,22)/t11-/m1/s1. The van der Waals surface area contributed by atoms with E-state index in [4.69, 9.17) is 5.11 Å². The molecule has 9 heteroatoms. The van der Waals surface area contributed by atoms with Gasteiger partial charge >= 0.3 is 12.5 Å². The van der Waals surface area contributed by atoms with Crippen molar-refractivity contribution in [3.8, 4) is 5.75 Å². The Bertz CT molecular complexity index is 684. The molecule has 1 aromatic carbocycles. The number of alkyl halides is 3. The maximum atomic E-state index is 12.3. The SMILES string of the molecule is O=C(O)N1CC2=CN(c3ccc(OC(F)(F)F)cc3)C(=O)[C@@H]2C1. The van der Waals surface area contributed by atoms with Crippen LogP contribution in [0.2, 0.25) is 0 Å². The van der Waals surface area contributed by atoms with Gasteiger partial charge in [0.15, 0.2) is 0 Å². The number of halogens is 3. The minimum atomic E-state index is -4.77. The Morgan fingerprint density at radius 1 is 1.26 bits per heavy atom. The lowest BCUT2D eigenvalue weighted by Crippen LogP contribution is -2.33. The molecule has 1 aromatic rings. The molecule has 1 atom stereocenters. The van der Waals surface area contributed by atoms with Crippen LogP contribution in [0.15, 0.2) is 36.0 Å². The number of anilines is 1. The van der Waals surface area contributed by atoms with E-state index in [-0.39, 0.29) is 24.7 Å².